The fourth-order valence-corrected chi connectivity index (χ4v) is 4.12. The minimum atomic E-state index is -0.222. The average Bonchev–Trinajstić information content (AvgIpc) is 2.55. The number of likely N-dealkylation sites (tertiary alicyclic amines) is 2. The fraction of sp³-hybridized carbons (Fsp3) is 0.722. The van der Waals surface area contributed by atoms with Gasteiger partial charge in [0.1, 0.15) is 5.83 Å². The highest BCUT2D eigenvalue weighted by Crippen LogP contribution is 2.36. The van der Waals surface area contributed by atoms with E-state index in [9.17, 15) is 14.3 Å². The quantitative estimate of drug-likeness (QED) is 0.862. The van der Waals surface area contributed by atoms with Crippen molar-refractivity contribution in [3.8, 4) is 0 Å². The molecule has 128 valence electrons. The highest BCUT2D eigenvalue weighted by molar-refractivity contribution is 5.75. The van der Waals surface area contributed by atoms with Gasteiger partial charge >= 0.3 is 0 Å². The van der Waals surface area contributed by atoms with E-state index in [0.29, 0.717) is 30.3 Å². The van der Waals surface area contributed by atoms with Crippen molar-refractivity contribution in [1.29, 1.82) is 0 Å². The maximum atomic E-state index is 14.3. The molecule has 2 heterocycles. The molecule has 4 nitrogen and oxygen atoms in total. The van der Waals surface area contributed by atoms with Gasteiger partial charge in [-0.3, -0.25) is 9.69 Å². The number of aliphatic hydroxyl groups excluding tert-OH is 1. The van der Waals surface area contributed by atoms with Gasteiger partial charge in [-0.15, -0.1) is 0 Å². The Balaban J connectivity index is 1.48. The molecule has 0 aromatic carbocycles. The summed E-state index contributed by atoms with van der Waals surface area (Å²) in [6, 6.07) is -0.180. The van der Waals surface area contributed by atoms with E-state index >= 15 is 0 Å². The Morgan fingerprint density at radius 2 is 2.00 bits per heavy atom. The molecule has 3 rings (SSSR count). The first-order valence-electron chi connectivity index (χ1n) is 8.81. The van der Waals surface area contributed by atoms with Crippen LogP contribution in [0.3, 0.4) is 0 Å². The number of hydrogen-bond acceptors (Lipinski definition) is 3. The van der Waals surface area contributed by atoms with Crippen molar-refractivity contribution in [1.82, 2.24) is 9.80 Å². The Labute approximate surface area is 137 Å². The van der Waals surface area contributed by atoms with Crippen LogP contribution < -0.4 is 0 Å². The minimum absolute atomic E-state index is 0.156. The second-order valence-electron chi connectivity index (χ2n) is 6.97. The van der Waals surface area contributed by atoms with Crippen LogP contribution in [0.25, 0.3) is 0 Å². The molecule has 0 aromatic rings. The Bertz CT molecular complexity index is 503. The molecule has 1 aliphatic carbocycles. The zero-order valence-corrected chi connectivity index (χ0v) is 13.9. The van der Waals surface area contributed by atoms with Crippen LogP contribution in [0.15, 0.2) is 23.6 Å². The zero-order chi connectivity index (χ0) is 16.4. The molecule has 2 saturated heterocycles. The molecule has 0 radical (unpaired) electrons. The Morgan fingerprint density at radius 3 is 2.61 bits per heavy atom. The second-order valence-corrected chi connectivity index (χ2v) is 6.97. The van der Waals surface area contributed by atoms with Crippen LogP contribution in [-0.2, 0) is 4.79 Å². The average molecular weight is 322 g/mol. The van der Waals surface area contributed by atoms with E-state index in [4.69, 9.17) is 0 Å². The predicted molar refractivity (Wildman–Crippen MR) is 87.4 cm³/mol. The highest BCUT2D eigenvalue weighted by Gasteiger charge is 2.40. The van der Waals surface area contributed by atoms with E-state index in [-0.39, 0.29) is 24.4 Å². The Hall–Kier alpha value is -1.20. The van der Waals surface area contributed by atoms with Gasteiger partial charge in [0.2, 0.25) is 5.91 Å². The summed E-state index contributed by atoms with van der Waals surface area (Å²) < 4.78 is 14.3. The molecule has 3 aliphatic rings. The van der Waals surface area contributed by atoms with Crippen molar-refractivity contribution >= 4 is 5.91 Å². The molecule has 2 aliphatic heterocycles. The number of piperidine rings is 1. The molecule has 0 aromatic heterocycles. The van der Waals surface area contributed by atoms with Gasteiger partial charge in [0.25, 0.3) is 0 Å². The maximum Gasteiger partial charge on any atom is 0.222 e. The number of hydrogen-bond donors (Lipinski definition) is 1. The molecule has 0 saturated carbocycles. The van der Waals surface area contributed by atoms with Crippen molar-refractivity contribution in [2.45, 2.75) is 38.6 Å². The van der Waals surface area contributed by atoms with Gasteiger partial charge in [0.05, 0.1) is 12.6 Å². The van der Waals surface area contributed by atoms with Crippen molar-refractivity contribution < 1.29 is 14.3 Å². The number of carbonyl (C=O) groups excluding carboxylic acids is 1. The summed E-state index contributed by atoms with van der Waals surface area (Å²) in [4.78, 5) is 15.9. The Kier molecular flexibility index (Phi) is 5.17. The van der Waals surface area contributed by atoms with E-state index in [1.54, 1.807) is 6.08 Å². The van der Waals surface area contributed by atoms with Crippen LogP contribution in [0.2, 0.25) is 0 Å². The number of nitrogens with zero attached hydrogens (tertiary/aromatic N) is 2. The molecule has 1 N–H and O–H groups in total. The zero-order valence-electron chi connectivity index (χ0n) is 13.9. The standard InChI is InChI=1S/C18H27FN2O2/c1-2-17(23)20-8-6-13(7-9-20)15-10-21(11-15)16-5-3-4-14(12-22)18(16)19/h3-4,13,15-16,22H,2,5-12H2,1H3. The van der Waals surface area contributed by atoms with Gasteiger partial charge in [0, 0.05) is 38.2 Å². The van der Waals surface area contributed by atoms with E-state index in [0.717, 1.165) is 39.0 Å². The highest BCUT2D eigenvalue weighted by atomic mass is 19.1. The van der Waals surface area contributed by atoms with Crippen LogP contribution in [0.4, 0.5) is 4.39 Å². The molecule has 1 atom stereocenters. The largest absolute Gasteiger partial charge is 0.392 e. The minimum Gasteiger partial charge on any atom is -0.392 e. The summed E-state index contributed by atoms with van der Waals surface area (Å²) >= 11 is 0. The second kappa shape index (κ2) is 7.14. The van der Waals surface area contributed by atoms with Gasteiger partial charge in [0.15, 0.2) is 0 Å². The SMILES string of the molecule is CCC(=O)N1CCC(C2CN(C3CC=CC(CO)=C3F)C2)CC1. The van der Waals surface area contributed by atoms with Crippen molar-refractivity contribution in [2.24, 2.45) is 11.8 Å². The first-order chi connectivity index (χ1) is 11.1. The third-order valence-electron chi connectivity index (χ3n) is 5.69. The van der Waals surface area contributed by atoms with E-state index < -0.39 is 0 Å². The summed E-state index contributed by atoms with van der Waals surface area (Å²) in [5.41, 5.74) is 0.427. The predicted octanol–water partition coefficient (Wildman–Crippen LogP) is 2.11. The molecule has 1 amide bonds. The summed E-state index contributed by atoms with van der Waals surface area (Å²) in [6.45, 7) is 5.33. The van der Waals surface area contributed by atoms with E-state index in [1.165, 1.54) is 0 Å². The van der Waals surface area contributed by atoms with Crippen molar-refractivity contribution in [2.75, 3.05) is 32.8 Å². The van der Waals surface area contributed by atoms with Gasteiger partial charge in [-0.25, -0.2) is 4.39 Å². The first-order valence-corrected chi connectivity index (χ1v) is 8.81. The topological polar surface area (TPSA) is 43.8 Å². The van der Waals surface area contributed by atoms with Crippen LogP contribution in [-0.4, -0.2) is 59.6 Å². The van der Waals surface area contributed by atoms with E-state index in [2.05, 4.69) is 4.90 Å². The van der Waals surface area contributed by atoms with E-state index in [1.807, 2.05) is 17.9 Å². The van der Waals surface area contributed by atoms with Crippen LogP contribution in [0.1, 0.15) is 32.6 Å². The number of aliphatic hydroxyl groups is 1. The van der Waals surface area contributed by atoms with Gasteiger partial charge in [-0.05, 0) is 31.1 Å². The van der Waals surface area contributed by atoms with Gasteiger partial charge in [-0.1, -0.05) is 19.1 Å². The maximum absolute atomic E-state index is 14.3. The fourth-order valence-electron chi connectivity index (χ4n) is 4.12. The molecule has 1 unspecified atom stereocenters. The third kappa shape index (κ3) is 3.36. The summed E-state index contributed by atoms with van der Waals surface area (Å²) in [6.07, 6.45) is 7.11. The summed E-state index contributed by atoms with van der Waals surface area (Å²) in [7, 11) is 0. The van der Waals surface area contributed by atoms with Crippen LogP contribution >= 0.6 is 0 Å². The molecule has 0 spiro atoms. The normalized spacial score (nSPS) is 27.4. The Morgan fingerprint density at radius 1 is 1.30 bits per heavy atom. The first kappa shape index (κ1) is 16.7. The lowest BCUT2D eigenvalue weighted by Gasteiger charge is -2.49. The van der Waals surface area contributed by atoms with Crippen molar-refractivity contribution in [3.05, 3.63) is 23.6 Å². The lowest BCUT2D eigenvalue weighted by atomic mass is 9.78. The van der Waals surface area contributed by atoms with Gasteiger partial charge < -0.3 is 10.0 Å². The molecular weight excluding hydrogens is 295 g/mol. The van der Waals surface area contributed by atoms with Gasteiger partial charge in [-0.2, -0.15) is 0 Å². The van der Waals surface area contributed by atoms with Crippen LogP contribution in [0.5, 0.6) is 0 Å². The number of carbonyl (C=O) groups is 1. The molecular formula is C18H27FN2O2. The number of rotatable bonds is 4. The molecule has 5 heteroatoms. The molecule has 2 fully saturated rings. The third-order valence-corrected chi connectivity index (χ3v) is 5.69. The number of amides is 1. The monoisotopic (exact) mass is 322 g/mol. The lowest BCUT2D eigenvalue weighted by Crippen LogP contribution is -2.56. The molecule has 0 bridgehead atoms. The summed E-state index contributed by atoms with van der Waals surface area (Å²) in [5.74, 6) is 1.40. The number of halogens is 1. The van der Waals surface area contributed by atoms with Crippen molar-refractivity contribution in [3.63, 3.8) is 0 Å². The van der Waals surface area contributed by atoms with Crippen LogP contribution in [0, 0.1) is 11.8 Å². The molecule has 23 heavy (non-hydrogen) atoms. The summed E-state index contributed by atoms with van der Waals surface area (Å²) in [5, 5.41) is 9.20. The smallest absolute Gasteiger partial charge is 0.222 e. The lowest BCUT2D eigenvalue weighted by molar-refractivity contribution is -0.133.